The number of rotatable bonds is 1. The number of aliphatic imine (C=N–C) groups is 1. The Hall–Kier alpha value is -1.66. The van der Waals surface area contributed by atoms with E-state index >= 15 is 0 Å². The minimum Gasteiger partial charge on any atom is -0.282 e. The van der Waals surface area contributed by atoms with Crippen LogP contribution in [0.15, 0.2) is 29.3 Å². The standard InChI is InChI=1S/C16H17N3O2S/c1-8-4-6-10(7-5-8)19-13(20)11-12(14(19)21)18-15-16(11,3)22-9(2)17-15/h4-7,11-12,15,18H,1-3H3/t11-,12+,15?,16+/m1/s1. The molecule has 22 heavy (non-hydrogen) atoms. The molecule has 0 radical (unpaired) electrons. The lowest BCUT2D eigenvalue weighted by Crippen LogP contribution is -2.44. The summed E-state index contributed by atoms with van der Waals surface area (Å²) in [5, 5.41) is 4.22. The summed E-state index contributed by atoms with van der Waals surface area (Å²) in [4.78, 5) is 31.5. The van der Waals surface area contributed by atoms with Crippen molar-refractivity contribution in [3.05, 3.63) is 29.8 Å². The van der Waals surface area contributed by atoms with Crippen molar-refractivity contribution in [2.45, 2.75) is 37.7 Å². The second-order valence-corrected chi connectivity index (χ2v) is 7.98. The van der Waals surface area contributed by atoms with Gasteiger partial charge in [0.2, 0.25) is 5.91 Å². The summed E-state index contributed by atoms with van der Waals surface area (Å²) >= 11 is 1.61. The van der Waals surface area contributed by atoms with Crippen LogP contribution in [0.4, 0.5) is 5.69 Å². The quantitative estimate of drug-likeness (QED) is 0.802. The van der Waals surface area contributed by atoms with Crippen molar-refractivity contribution in [2.75, 3.05) is 4.90 Å². The molecule has 1 N–H and O–H groups in total. The SMILES string of the molecule is CC1=NC2N[C@@H]3C(=O)N(c4ccc(C)cc4)C(=O)[C@@H]3[C@]2(C)S1. The highest BCUT2D eigenvalue weighted by molar-refractivity contribution is 8.15. The Morgan fingerprint density at radius 3 is 2.55 bits per heavy atom. The normalized spacial score (nSPS) is 36.6. The summed E-state index contributed by atoms with van der Waals surface area (Å²) in [5.74, 6) is -0.644. The molecule has 0 aliphatic carbocycles. The molecular weight excluding hydrogens is 298 g/mol. The van der Waals surface area contributed by atoms with E-state index in [1.807, 2.05) is 45.0 Å². The van der Waals surface area contributed by atoms with Crippen LogP contribution >= 0.6 is 11.8 Å². The number of carbonyl (C=O) groups is 2. The van der Waals surface area contributed by atoms with Gasteiger partial charge in [-0.1, -0.05) is 17.7 Å². The number of carbonyl (C=O) groups excluding carboxylic acids is 2. The maximum Gasteiger partial charge on any atom is 0.251 e. The van der Waals surface area contributed by atoms with Crippen LogP contribution < -0.4 is 10.2 Å². The number of hydrogen-bond donors (Lipinski definition) is 1. The minimum absolute atomic E-state index is 0.117. The van der Waals surface area contributed by atoms with Crippen LogP contribution in [0.25, 0.3) is 0 Å². The van der Waals surface area contributed by atoms with Gasteiger partial charge in [0.25, 0.3) is 5.91 Å². The van der Waals surface area contributed by atoms with Gasteiger partial charge in [-0.3, -0.25) is 19.9 Å². The van der Waals surface area contributed by atoms with Crippen LogP contribution in [0.5, 0.6) is 0 Å². The minimum atomic E-state index is -0.465. The Morgan fingerprint density at radius 2 is 1.86 bits per heavy atom. The Balaban J connectivity index is 1.72. The maximum absolute atomic E-state index is 12.9. The number of thioether (sulfide) groups is 1. The fourth-order valence-electron chi connectivity index (χ4n) is 3.68. The number of nitrogens with zero attached hydrogens (tertiary/aromatic N) is 2. The van der Waals surface area contributed by atoms with Crippen LogP contribution in [-0.2, 0) is 9.59 Å². The first-order chi connectivity index (χ1) is 10.4. The average molecular weight is 315 g/mol. The smallest absolute Gasteiger partial charge is 0.251 e. The number of hydrogen-bond acceptors (Lipinski definition) is 5. The highest BCUT2D eigenvalue weighted by atomic mass is 32.2. The van der Waals surface area contributed by atoms with Gasteiger partial charge in [-0.15, -0.1) is 11.8 Å². The van der Waals surface area contributed by atoms with E-state index in [2.05, 4.69) is 10.3 Å². The van der Waals surface area contributed by atoms with Gasteiger partial charge in [0.05, 0.1) is 21.4 Å². The summed E-state index contributed by atoms with van der Waals surface area (Å²) in [6, 6.07) is 7.03. The first-order valence-electron chi connectivity index (χ1n) is 7.36. The molecule has 1 aromatic carbocycles. The number of nitrogens with one attached hydrogen (secondary N) is 1. The summed E-state index contributed by atoms with van der Waals surface area (Å²) in [5.41, 5.74) is 1.75. The molecule has 6 heteroatoms. The van der Waals surface area contributed by atoms with Crippen LogP contribution in [0.2, 0.25) is 0 Å². The molecule has 0 aromatic heterocycles. The molecule has 4 atom stereocenters. The van der Waals surface area contributed by atoms with E-state index in [9.17, 15) is 9.59 Å². The van der Waals surface area contributed by atoms with Crippen LogP contribution in [-0.4, -0.2) is 33.8 Å². The predicted molar refractivity (Wildman–Crippen MR) is 87.0 cm³/mol. The van der Waals surface area contributed by atoms with Gasteiger partial charge < -0.3 is 0 Å². The van der Waals surface area contributed by atoms with Crippen molar-refractivity contribution in [3.63, 3.8) is 0 Å². The lowest BCUT2D eigenvalue weighted by atomic mass is 9.91. The molecule has 3 aliphatic rings. The molecule has 0 bridgehead atoms. The van der Waals surface area contributed by atoms with Crippen molar-refractivity contribution >= 4 is 34.3 Å². The lowest BCUT2D eigenvalue weighted by molar-refractivity contribution is -0.123. The molecule has 5 nitrogen and oxygen atoms in total. The number of anilines is 1. The summed E-state index contributed by atoms with van der Waals surface area (Å²) in [6.07, 6.45) is -0.152. The van der Waals surface area contributed by atoms with Gasteiger partial charge >= 0.3 is 0 Å². The Labute approximate surface area is 133 Å². The highest BCUT2D eigenvalue weighted by Crippen LogP contribution is 2.51. The Morgan fingerprint density at radius 1 is 1.18 bits per heavy atom. The molecular formula is C16H17N3O2S. The van der Waals surface area contributed by atoms with Crippen molar-refractivity contribution in [2.24, 2.45) is 10.9 Å². The zero-order chi connectivity index (χ0) is 15.6. The second-order valence-electron chi connectivity index (χ2n) is 6.31. The van der Waals surface area contributed by atoms with Gasteiger partial charge in [0.15, 0.2) is 0 Å². The molecule has 4 rings (SSSR count). The molecule has 2 fully saturated rings. The summed E-state index contributed by atoms with van der Waals surface area (Å²) in [7, 11) is 0. The molecule has 3 heterocycles. The van der Waals surface area contributed by atoms with E-state index in [0.29, 0.717) is 5.69 Å². The molecule has 0 saturated carbocycles. The van der Waals surface area contributed by atoms with E-state index in [4.69, 9.17) is 0 Å². The maximum atomic E-state index is 12.9. The van der Waals surface area contributed by atoms with Crippen LogP contribution in [0, 0.1) is 12.8 Å². The van der Waals surface area contributed by atoms with Gasteiger partial charge in [-0.05, 0) is 32.9 Å². The molecule has 0 spiro atoms. The van der Waals surface area contributed by atoms with Crippen molar-refractivity contribution in [3.8, 4) is 0 Å². The van der Waals surface area contributed by atoms with E-state index < -0.39 is 6.04 Å². The predicted octanol–water partition coefficient (Wildman–Crippen LogP) is 1.71. The Bertz CT molecular complexity index is 715. The topological polar surface area (TPSA) is 61.8 Å². The number of fused-ring (bicyclic) bond motifs is 3. The fourth-order valence-corrected chi connectivity index (χ4v) is 5.07. The molecule has 1 unspecified atom stereocenters. The van der Waals surface area contributed by atoms with Gasteiger partial charge in [0.1, 0.15) is 12.2 Å². The monoisotopic (exact) mass is 315 g/mol. The third kappa shape index (κ3) is 1.68. The lowest BCUT2D eigenvalue weighted by Gasteiger charge is -2.27. The van der Waals surface area contributed by atoms with Crippen LogP contribution in [0.3, 0.4) is 0 Å². The molecule has 114 valence electrons. The van der Waals surface area contributed by atoms with E-state index in [0.717, 1.165) is 10.6 Å². The zero-order valence-electron chi connectivity index (χ0n) is 12.7. The number of amides is 2. The highest BCUT2D eigenvalue weighted by Gasteiger charge is 2.66. The van der Waals surface area contributed by atoms with E-state index in [-0.39, 0.29) is 28.6 Å². The fraction of sp³-hybridized carbons (Fsp3) is 0.438. The van der Waals surface area contributed by atoms with E-state index in [1.165, 1.54) is 4.90 Å². The van der Waals surface area contributed by atoms with Crippen LogP contribution in [0.1, 0.15) is 19.4 Å². The Kier molecular flexibility index (Phi) is 2.81. The van der Waals surface area contributed by atoms with Gasteiger partial charge in [-0.25, -0.2) is 4.90 Å². The van der Waals surface area contributed by atoms with Crippen molar-refractivity contribution in [1.82, 2.24) is 5.32 Å². The van der Waals surface area contributed by atoms with Crippen molar-refractivity contribution < 1.29 is 9.59 Å². The van der Waals surface area contributed by atoms with Gasteiger partial charge in [0, 0.05) is 0 Å². The number of aryl methyl sites for hydroxylation is 1. The molecule has 2 amide bonds. The summed E-state index contributed by atoms with van der Waals surface area (Å²) < 4.78 is -0.374. The zero-order valence-corrected chi connectivity index (χ0v) is 13.5. The van der Waals surface area contributed by atoms with Crippen molar-refractivity contribution in [1.29, 1.82) is 0 Å². The largest absolute Gasteiger partial charge is 0.282 e. The third-order valence-corrected chi connectivity index (χ3v) is 6.09. The molecule has 3 aliphatic heterocycles. The molecule has 2 saturated heterocycles. The summed E-state index contributed by atoms with van der Waals surface area (Å²) in [6.45, 7) is 5.96. The third-order valence-electron chi connectivity index (χ3n) is 4.77. The first-order valence-corrected chi connectivity index (χ1v) is 8.17. The number of imide groups is 1. The first kappa shape index (κ1) is 14.0. The number of benzene rings is 1. The van der Waals surface area contributed by atoms with Gasteiger partial charge in [-0.2, -0.15) is 0 Å². The van der Waals surface area contributed by atoms with E-state index in [1.54, 1.807) is 11.8 Å². The second kappa shape index (κ2) is 4.43. The average Bonchev–Trinajstić information content (AvgIpc) is 2.97. The molecule has 1 aromatic rings.